The van der Waals surface area contributed by atoms with Crippen LogP contribution < -0.4 is 11.1 Å². The molecule has 2 rings (SSSR count). The molecule has 4 heteroatoms. The molecule has 1 saturated heterocycles. The summed E-state index contributed by atoms with van der Waals surface area (Å²) in [6.45, 7) is 4.28. The van der Waals surface area contributed by atoms with E-state index in [4.69, 9.17) is 10.5 Å². The minimum atomic E-state index is -0.332. The van der Waals surface area contributed by atoms with E-state index in [1.165, 1.54) is 0 Å². The molecular formula is C16H20N2O2. The molecule has 0 saturated carbocycles. The Labute approximate surface area is 119 Å². The average Bonchev–Trinajstić information content (AvgIpc) is 2.86. The highest BCUT2D eigenvalue weighted by Gasteiger charge is 2.28. The van der Waals surface area contributed by atoms with Crippen molar-refractivity contribution in [3.63, 3.8) is 0 Å². The van der Waals surface area contributed by atoms with E-state index in [9.17, 15) is 4.79 Å². The summed E-state index contributed by atoms with van der Waals surface area (Å²) in [5.41, 5.74) is 8.03. The lowest BCUT2D eigenvalue weighted by Crippen LogP contribution is -2.28. The minimum absolute atomic E-state index is 0.0711. The number of carbonyl (C=O) groups excluding carboxylic acids is 1. The first-order chi connectivity index (χ1) is 9.60. The Kier molecular flexibility index (Phi) is 4.78. The lowest BCUT2D eigenvalue weighted by molar-refractivity contribution is -0.126. The van der Waals surface area contributed by atoms with Crippen LogP contribution in [0.1, 0.15) is 30.9 Å². The minimum Gasteiger partial charge on any atom is -0.365 e. The number of amides is 1. The van der Waals surface area contributed by atoms with Crippen LogP contribution in [0.5, 0.6) is 0 Å². The molecule has 1 amide bonds. The monoisotopic (exact) mass is 272 g/mol. The van der Waals surface area contributed by atoms with E-state index in [0.717, 1.165) is 29.7 Å². The average molecular weight is 272 g/mol. The molecule has 0 aromatic heterocycles. The number of hydrogen-bond donors (Lipinski definition) is 2. The number of anilines is 1. The van der Waals surface area contributed by atoms with Crippen molar-refractivity contribution < 1.29 is 9.53 Å². The Balaban J connectivity index is 2.04. The van der Waals surface area contributed by atoms with Crippen molar-refractivity contribution >= 4 is 11.6 Å². The quantitative estimate of drug-likeness (QED) is 0.807. The molecule has 3 N–H and O–H groups in total. The van der Waals surface area contributed by atoms with Gasteiger partial charge in [0, 0.05) is 11.3 Å². The molecule has 0 spiro atoms. The summed E-state index contributed by atoms with van der Waals surface area (Å²) < 4.78 is 5.56. The van der Waals surface area contributed by atoms with Gasteiger partial charge in [0.25, 0.3) is 5.91 Å². The van der Waals surface area contributed by atoms with Gasteiger partial charge in [-0.1, -0.05) is 11.8 Å². The molecule has 1 aliphatic heterocycles. The van der Waals surface area contributed by atoms with E-state index < -0.39 is 0 Å². The third kappa shape index (κ3) is 3.60. The first kappa shape index (κ1) is 14.6. The summed E-state index contributed by atoms with van der Waals surface area (Å²) >= 11 is 0. The molecule has 0 radical (unpaired) electrons. The van der Waals surface area contributed by atoms with E-state index in [1.807, 2.05) is 32.0 Å². The zero-order chi connectivity index (χ0) is 14.5. The Morgan fingerprint density at radius 3 is 2.90 bits per heavy atom. The van der Waals surface area contributed by atoms with Gasteiger partial charge in [0.15, 0.2) is 0 Å². The van der Waals surface area contributed by atoms with Gasteiger partial charge in [-0.15, -0.1) is 0 Å². The fourth-order valence-corrected chi connectivity index (χ4v) is 2.24. The maximum absolute atomic E-state index is 12.1. The fraction of sp³-hybridized carbons (Fsp3) is 0.438. The van der Waals surface area contributed by atoms with Crippen molar-refractivity contribution in [1.29, 1.82) is 0 Å². The number of nitrogens with two attached hydrogens (primary N) is 1. The SMILES string of the molecule is Cc1cc(C#CCN)ccc1NC(=O)C1CCC(C)O1. The number of rotatable bonds is 2. The summed E-state index contributed by atoms with van der Waals surface area (Å²) in [5.74, 6) is 5.72. The van der Waals surface area contributed by atoms with Crippen LogP contribution in [0.2, 0.25) is 0 Å². The molecule has 20 heavy (non-hydrogen) atoms. The molecule has 0 aliphatic carbocycles. The normalized spacial score (nSPS) is 21.1. The van der Waals surface area contributed by atoms with Crippen molar-refractivity contribution in [3.05, 3.63) is 29.3 Å². The van der Waals surface area contributed by atoms with Gasteiger partial charge in [0.05, 0.1) is 12.6 Å². The van der Waals surface area contributed by atoms with Crippen LogP contribution in [0, 0.1) is 18.8 Å². The summed E-state index contributed by atoms with van der Waals surface area (Å²) in [6.07, 6.45) is 1.55. The third-order valence-corrected chi connectivity index (χ3v) is 3.34. The largest absolute Gasteiger partial charge is 0.365 e. The molecule has 4 nitrogen and oxygen atoms in total. The maximum Gasteiger partial charge on any atom is 0.253 e. The smallest absolute Gasteiger partial charge is 0.253 e. The second-order valence-corrected chi connectivity index (χ2v) is 5.04. The Morgan fingerprint density at radius 1 is 1.50 bits per heavy atom. The molecule has 0 bridgehead atoms. The van der Waals surface area contributed by atoms with Crippen LogP contribution in [0.15, 0.2) is 18.2 Å². The van der Waals surface area contributed by atoms with E-state index in [-0.39, 0.29) is 18.1 Å². The molecule has 1 aromatic rings. The van der Waals surface area contributed by atoms with Gasteiger partial charge >= 0.3 is 0 Å². The van der Waals surface area contributed by atoms with E-state index in [0.29, 0.717) is 6.54 Å². The molecule has 1 fully saturated rings. The summed E-state index contributed by atoms with van der Waals surface area (Å²) in [7, 11) is 0. The van der Waals surface area contributed by atoms with Crippen LogP contribution in [-0.4, -0.2) is 24.7 Å². The van der Waals surface area contributed by atoms with Crippen LogP contribution in [0.4, 0.5) is 5.69 Å². The van der Waals surface area contributed by atoms with Gasteiger partial charge in [0.1, 0.15) is 6.10 Å². The van der Waals surface area contributed by atoms with Crippen molar-refractivity contribution in [3.8, 4) is 11.8 Å². The van der Waals surface area contributed by atoms with Crippen molar-refractivity contribution in [1.82, 2.24) is 0 Å². The van der Waals surface area contributed by atoms with E-state index in [1.54, 1.807) is 0 Å². The standard InChI is InChI=1S/C16H20N2O2/c1-11-10-13(4-3-9-17)6-7-14(11)18-16(19)15-8-5-12(2)20-15/h6-7,10,12,15H,5,8-9,17H2,1-2H3,(H,18,19). The molecule has 2 unspecified atom stereocenters. The molecule has 1 heterocycles. The van der Waals surface area contributed by atoms with Crippen molar-refractivity contribution in [2.45, 2.75) is 38.9 Å². The maximum atomic E-state index is 12.1. The molecule has 106 valence electrons. The molecule has 2 atom stereocenters. The first-order valence-corrected chi connectivity index (χ1v) is 6.86. The first-order valence-electron chi connectivity index (χ1n) is 6.86. The van der Waals surface area contributed by atoms with Gasteiger partial charge in [-0.3, -0.25) is 4.79 Å². The molecule has 1 aromatic carbocycles. The number of nitrogens with one attached hydrogen (secondary N) is 1. The number of aryl methyl sites for hydroxylation is 1. The second kappa shape index (κ2) is 6.56. The Morgan fingerprint density at radius 2 is 2.30 bits per heavy atom. The summed E-state index contributed by atoms with van der Waals surface area (Å²) in [6, 6.07) is 5.69. The van der Waals surface area contributed by atoms with Crippen LogP contribution in [0.3, 0.4) is 0 Å². The van der Waals surface area contributed by atoms with Gasteiger partial charge in [-0.25, -0.2) is 0 Å². The number of benzene rings is 1. The van der Waals surface area contributed by atoms with Gasteiger partial charge < -0.3 is 15.8 Å². The van der Waals surface area contributed by atoms with Gasteiger partial charge in [0.2, 0.25) is 0 Å². The van der Waals surface area contributed by atoms with Crippen LogP contribution in [0.25, 0.3) is 0 Å². The second-order valence-electron chi connectivity index (χ2n) is 5.04. The van der Waals surface area contributed by atoms with Crippen LogP contribution >= 0.6 is 0 Å². The molecule has 1 aliphatic rings. The predicted molar refractivity (Wildman–Crippen MR) is 79.3 cm³/mol. The number of carbonyl (C=O) groups is 1. The van der Waals surface area contributed by atoms with Crippen LogP contribution in [-0.2, 0) is 9.53 Å². The highest BCUT2D eigenvalue weighted by Crippen LogP contribution is 2.22. The third-order valence-electron chi connectivity index (χ3n) is 3.34. The lowest BCUT2D eigenvalue weighted by Gasteiger charge is -2.13. The fourth-order valence-electron chi connectivity index (χ4n) is 2.24. The van der Waals surface area contributed by atoms with E-state index in [2.05, 4.69) is 17.2 Å². The summed E-state index contributed by atoms with van der Waals surface area (Å²) in [4.78, 5) is 12.1. The topological polar surface area (TPSA) is 64.3 Å². The summed E-state index contributed by atoms with van der Waals surface area (Å²) in [5, 5.41) is 2.92. The highest BCUT2D eigenvalue weighted by atomic mass is 16.5. The van der Waals surface area contributed by atoms with Gasteiger partial charge in [-0.05, 0) is 50.5 Å². The number of hydrogen-bond acceptors (Lipinski definition) is 3. The van der Waals surface area contributed by atoms with Gasteiger partial charge in [-0.2, -0.15) is 0 Å². The lowest BCUT2D eigenvalue weighted by atomic mass is 10.1. The number of ether oxygens (including phenoxy) is 1. The van der Waals surface area contributed by atoms with Crippen molar-refractivity contribution in [2.24, 2.45) is 5.73 Å². The van der Waals surface area contributed by atoms with E-state index >= 15 is 0 Å². The zero-order valence-corrected chi connectivity index (χ0v) is 11.9. The highest BCUT2D eigenvalue weighted by molar-refractivity contribution is 5.95. The van der Waals surface area contributed by atoms with Crippen molar-refractivity contribution in [2.75, 3.05) is 11.9 Å². The Hall–Kier alpha value is -1.83. The predicted octanol–water partition coefficient (Wildman–Crippen LogP) is 1.81. The Bertz CT molecular complexity index is 557. The zero-order valence-electron chi connectivity index (χ0n) is 11.9. The molecular weight excluding hydrogens is 252 g/mol.